The molecular formula is C25H33FN4O2. The highest BCUT2D eigenvalue weighted by molar-refractivity contribution is 5.85. The predicted octanol–water partition coefficient (Wildman–Crippen LogP) is 4.19. The van der Waals surface area contributed by atoms with Crippen molar-refractivity contribution in [3.63, 3.8) is 0 Å². The second-order valence-corrected chi connectivity index (χ2v) is 8.04. The van der Waals surface area contributed by atoms with E-state index in [-0.39, 0.29) is 5.82 Å². The Morgan fingerprint density at radius 1 is 1.16 bits per heavy atom. The van der Waals surface area contributed by atoms with Gasteiger partial charge in [-0.05, 0) is 55.2 Å². The van der Waals surface area contributed by atoms with Gasteiger partial charge in [0.1, 0.15) is 5.82 Å². The quantitative estimate of drug-likeness (QED) is 0.315. The molecule has 1 saturated heterocycles. The Kier molecular flexibility index (Phi) is 8.62. The third kappa shape index (κ3) is 6.79. The molecule has 1 aromatic heterocycles. The molecule has 0 radical (unpaired) electrons. The Morgan fingerprint density at radius 3 is 2.62 bits per heavy atom. The van der Waals surface area contributed by atoms with Crippen LogP contribution in [-0.2, 0) is 17.7 Å². The van der Waals surface area contributed by atoms with Crippen molar-refractivity contribution in [2.24, 2.45) is 5.16 Å². The van der Waals surface area contributed by atoms with E-state index in [4.69, 9.17) is 9.57 Å². The summed E-state index contributed by atoms with van der Waals surface area (Å²) in [5.41, 5.74) is 3.62. The number of ether oxygens (including phenoxy) is 1. The van der Waals surface area contributed by atoms with Gasteiger partial charge in [0.15, 0.2) is 0 Å². The minimum atomic E-state index is -0.191. The molecule has 2 aromatic rings. The van der Waals surface area contributed by atoms with E-state index < -0.39 is 0 Å². The zero-order chi connectivity index (χ0) is 22.9. The van der Waals surface area contributed by atoms with E-state index in [9.17, 15) is 4.39 Å². The van der Waals surface area contributed by atoms with Gasteiger partial charge in [-0.25, -0.2) is 9.37 Å². The van der Waals surface area contributed by atoms with Gasteiger partial charge in [0, 0.05) is 51.4 Å². The average molecular weight is 441 g/mol. The van der Waals surface area contributed by atoms with Crippen molar-refractivity contribution in [1.82, 2.24) is 14.8 Å². The predicted molar refractivity (Wildman–Crippen MR) is 125 cm³/mol. The lowest BCUT2D eigenvalue weighted by Crippen LogP contribution is -2.46. The fourth-order valence-electron chi connectivity index (χ4n) is 3.60. The highest BCUT2D eigenvalue weighted by atomic mass is 19.1. The SMILES string of the molecule is C=C(ON=C(CC)Cc1ccc(C)c(F)c1)N1CCN(CCc2ccnc(OC)c2)CC1. The molecular weight excluding hydrogens is 407 g/mol. The number of halogens is 1. The number of methoxy groups -OCH3 is 1. The topological polar surface area (TPSA) is 50.2 Å². The molecule has 2 heterocycles. The van der Waals surface area contributed by atoms with Gasteiger partial charge in [-0.15, -0.1) is 0 Å². The second kappa shape index (κ2) is 11.6. The molecule has 7 heteroatoms. The number of hydrogen-bond acceptors (Lipinski definition) is 6. The first-order valence-electron chi connectivity index (χ1n) is 11.1. The van der Waals surface area contributed by atoms with E-state index in [1.807, 2.05) is 25.1 Å². The first-order valence-corrected chi connectivity index (χ1v) is 11.1. The molecule has 6 nitrogen and oxygen atoms in total. The first-order chi connectivity index (χ1) is 15.5. The maximum Gasteiger partial charge on any atom is 0.218 e. The van der Waals surface area contributed by atoms with Gasteiger partial charge >= 0.3 is 0 Å². The van der Waals surface area contributed by atoms with Crippen LogP contribution in [0.2, 0.25) is 0 Å². The number of oxime groups is 1. The summed E-state index contributed by atoms with van der Waals surface area (Å²) in [6.07, 6.45) is 4.04. The highest BCUT2D eigenvalue weighted by Crippen LogP contribution is 2.14. The van der Waals surface area contributed by atoms with Crippen molar-refractivity contribution < 1.29 is 14.0 Å². The average Bonchev–Trinajstić information content (AvgIpc) is 2.82. The molecule has 0 amide bonds. The summed E-state index contributed by atoms with van der Waals surface area (Å²) in [5, 5.41) is 4.30. The van der Waals surface area contributed by atoms with E-state index in [2.05, 4.69) is 26.5 Å². The van der Waals surface area contributed by atoms with Crippen LogP contribution in [0.15, 0.2) is 54.1 Å². The minimum Gasteiger partial charge on any atom is -0.481 e. The maximum atomic E-state index is 13.8. The van der Waals surface area contributed by atoms with Crippen molar-refractivity contribution >= 4 is 5.71 Å². The number of aromatic nitrogens is 1. The Hall–Kier alpha value is -2.93. The minimum absolute atomic E-state index is 0.191. The number of hydrogen-bond donors (Lipinski definition) is 0. The summed E-state index contributed by atoms with van der Waals surface area (Å²) in [6, 6.07) is 9.31. The molecule has 0 atom stereocenters. The van der Waals surface area contributed by atoms with Crippen LogP contribution >= 0.6 is 0 Å². The summed E-state index contributed by atoms with van der Waals surface area (Å²) < 4.78 is 19.0. The van der Waals surface area contributed by atoms with Gasteiger partial charge in [-0.1, -0.05) is 24.2 Å². The van der Waals surface area contributed by atoms with Crippen LogP contribution in [0.3, 0.4) is 0 Å². The van der Waals surface area contributed by atoms with Gasteiger partial charge in [-0.2, -0.15) is 0 Å². The third-order valence-corrected chi connectivity index (χ3v) is 5.78. The standard InChI is InChI=1S/C25H33FN4O2/c1-5-23(16-22-7-6-19(2)24(26)17-22)28-32-20(3)30-14-12-29(13-15-30)11-9-21-8-10-27-25(18-21)31-4/h6-8,10,17-18H,3,5,9,11-16H2,1-2,4H3. The molecule has 0 unspecified atom stereocenters. The van der Waals surface area contributed by atoms with E-state index in [0.29, 0.717) is 23.7 Å². The molecule has 32 heavy (non-hydrogen) atoms. The van der Waals surface area contributed by atoms with E-state index in [1.165, 1.54) is 5.56 Å². The smallest absolute Gasteiger partial charge is 0.218 e. The van der Waals surface area contributed by atoms with E-state index in [1.54, 1.807) is 32.4 Å². The molecule has 0 bridgehead atoms. The van der Waals surface area contributed by atoms with Crippen molar-refractivity contribution in [3.8, 4) is 5.88 Å². The number of rotatable bonds is 10. The maximum absolute atomic E-state index is 13.8. The molecule has 0 aliphatic carbocycles. The molecule has 3 rings (SSSR count). The summed E-state index contributed by atoms with van der Waals surface area (Å²) in [7, 11) is 1.64. The van der Waals surface area contributed by atoms with Gasteiger partial charge in [0.05, 0.1) is 12.8 Å². The fourth-order valence-corrected chi connectivity index (χ4v) is 3.60. The number of pyridine rings is 1. The lowest BCUT2D eigenvalue weighted by molar-refractivity contribution is 0.0751. The molecule has 0 saturated carbocycles. The van der Waals surface area contributed by atoms with Crippen molar-refractivity contribution in [1.29, 1.82) is 0 Å². The van der Waals surface area contributed by atoms with Gasteiger partial charge in [0.2, 0.25) is 11.8 Å². The van der Waals surface area contributed by atoms with Gasteiger partial charge in [0.25, 0.3) is 0 Å². The fraction of sp³-hybridized carbons (Fsp3) is 0.440. The van der Waals surface area contributed by atoms with Crippen LogP contribution in [0, 0.1) is 12.7 Å². The normalized spacial score (nSPS) is 15.0. The Morgan fingerprint density at radius 2 is 1.94 bits per heavy atom. The molecule has 1 aliphatic rings. The lowest BCUT2D eigenvalue weighted by Gasteiger charge is -2.35. The lowest BCUT2D eigenvalue weighted by atomic mass is 10.1. The third-order valence-electron chi connectivity index (χ3n) is 5.78. The van der Waals surface area contributed by atoms with Crippen LogP contribution in [0.1, 0.15) is 30.0 Å². The van der Waals surface area contributed by atoms with Crippen molar-refractivity contribution in [3.05, 3.63) is 71.5 Å². The summed E-state index contributed by atoms with van der Waals surface area (Å²) >= 11 is 0. The zero-order valence-electron chi connectivity index (χ0n) is 19.3. The van der Waals surface area contributed by atoms with Gasteiger partial charge in [-0.3, -0.25) is 4.90 Å². The monoisotopic (exact) mass is 440 g/mol. The van der Waals surface area contributed by atoms with Gasteiger partial charge < -0.3 is 14.5 Å². The van der Waals surface area contributed by atoms with Crippen LogP contribution in [0.4, 0.5) is 4.39 Å². The number of benzene rings is 1. The molecule has 0 spiro atoms. The molecule has 1 aliphatic heterocycles. The molecule has 0 N–H and O–H groups in total. The molecule has 172 valence electrons. The summed E-state index contributed by atoms with van der Waals surface area (Å²) in [5.74, 6) is 1.02. The van der Waals surface area contributed by atoms with Crippen LogP contribution in [0.5, 0.6) is 5.88 Å². The summed E-state index contributed by atoms with van der Waals surface area (Å²) in [4.78, 5) is 14.3. The van der Waals surface area contributed by atoms with Crippen molar-refractivity contribution in [2.45, 2.75) is 33.1 Å². The number of nitrogens with zero attached hydrogens (tertiary/aromatic N) is 4. The number of piperazine rings is 1. The van der Waals surface area contributed by atoms with Crippen molar-refractivity contribution in [2.75, 3.05) is 39.8 Å². The Labute approximate surface area is 190 Å². The molecule has 1 aromatic carbocycles. The van der Waals surface area contributed by atoms with E-state index in [0.717, 1.165) is 56.8 Å². The van der Waals surface area contributed by atoms with Crippen LogP contribution in [0.25, 0.3) is 0 Å². The number of aryl methyl sites for hydroxylation is 1. The van der Waals surface area contributed by atoms with E-state index >= 15 is 0 Å². The Balaban J connectivity index is 1.44. The largest absolute Gasteiger partial charge is 0.481 e. The zero-order valence-corrected chi connectivity index (χ0v) is 19.3. The van der Waals surface area contributed by atoms with Crippen LogP contribution < -0.4 is 4.74 Å². The second-order valence-electron chi connectivity index (χ2n) is 8.04. The highest BCUT2D eigenvalue weighted by Gasteiger charge is 2.19. The van der Waals surface area contributed by atoms with Crippen LogP contribution in [-0.4, -0.2) is 60.3 Å². The molecule has 1 fully saturated rings. The summed E-state index contributed by atoms with van der Waals surface area (Å²) in [6.45, 7) is 12.4. The Bertz CT molecular complexity index is 939. The first kappa shape index (κ1) is 23.7.